The van der Waals surface area contributed by atoms with Crippen molar-refractivity contribution in [1.29, 1.82) is 0 Å². The Bertz CT molecular complexity index is 3890. The predicted molar refractivity (Wildman–Crippen MR) is 437 cm³/mol. The van der Waals surface area contributed by atoms with Gasteiger partial charge in [0.05, 0.1) is 68.1 Å². The summed E-state index contributed by atoms with van der Waals surface area (Å²) in [7, 11) is 9.65. The molecule has 1 saturated carbocycles. The van der Waals surface area contributed by atoms with Crippen LogP contribution in [0.3, 0.4) is 0 Å². The molecule has 3 aliphatic rings. The van der Waals surface area contributed by atoms with Gasteiger partial charge in [0.15, 0.2) is 5.78 Å². The highest BCUT2D eigenvalue weighted by molar-refractivity contribution is 8.00. The fraction of sp³-hybridized carbons (Fsp3) is 0.634. The summed E-state index contributed by atoms with van der Waals surface area (Å²) in [4.78, 5) is 194. The van der Waals surface area contributed by atoms with Crippen LogP contribution in [0.4, 0.5) is 20.1 Å². The molecule has 34 heteroatoms. The molecule has 0 bridgehead atoms. The van der Waals surface area contributed by atoms with Gasteiger partial charge in [0, 0.05) is 90.1 Å². The number of benzene rings is 3. The average Bonchev–Trinajstić information content (AvgIpc) is 1.63. The minimum atomic E-state index is -1.14. The number of ether oxygens (including phenoxy) is 5. The van der Waals surface area contributed by atoms with Gasteiger partial charge in [-0.1, -0.05) is 105 Å². The Kier molecular flexibility index (Phi) is 37.5. The molecule has 12 N–H and O–H groups in total. The molecule has 33 nitrogen and oxygen atoms in total. The number of Topliss-reactive ketones (excluding diaryl/α,β-unsaturated/α-hetero) is 1. The lowest BCUT2D eigenvalue weighted by atomic mass is 9.89. The molecule has 3 fully saturated rings. The summed E-state index contributed by atoms with van der Waals surface area (Å²) < 4.78 is 28.9. The van der Waals surface area contributed by atoms with Gasteiger partial charge in [-0.3, -0.25) is 62.5 Å². The van der Waals surface area contributed by atoms with Crippen LogP contribution >= 0.6 is 11.8 Å². The number of primary amides is 2. The summed E-state index contributed by atoms with van der Waals surface area (Å²) in [5.41, 5.74) is 11.7. The second-order valence-corrected chi connectivity index (χ2v) is 33.1. The van der Waals surface area contributed by atoms with Crippen LogP contribution in [-0.4, -0.2) is 250 Å². The van der Waals surface area contributed by atoms with E-state index in [2.05, 4.69) is 42.5 Å². The summed E-state index contributed by atoms with van der Waals surface area (Å²) in [5.74, 6) is -5.32. The van der Waals surface area contributed by atoms with E-state index in [4.69, 9.17) is 35.2 Å². The molecule has 2 heterocycles. The summed E-state index contributed by atoms with van der Waals surface area (Å²) in [6.07, 6.45) is -0.457. The Hall–Kier alpha value is -9.67. The maximum absolute atomic E-state index is 15.1. The molecule has 2 aliphatic heterocycles. The van der Waals surface area contributed by atoms with E-state index >= 15 is 4.79 Å². The number of nitrogens with zero attached hydrogens (tertiary/aromatic N) is 4. The molecule has 3 aromatic rings. The molecule has 642 valence electrons. The molecule has 0 spiro atoms. The van der Waals surface area contributed by atoms with Gasteiger partial charge in [-0.25, -0.2) is 14.4 Å². The van der Waals surface area contributed by atoms with E-state index in [1.165, 1.54) is 35.8 Å². The number of urea groups is 1. The molecule has 116 heavy (non-hydrogen) atoms. The normalized spacial score (nSPS) is 18.0. The van der Waals surface area contributed by atoms with Crippen molar-refractivity contribution in [3.05, 3.63) is 71.8 Å². The topological polar surface area (TPSA) is 446 Å². The molecule has 12 atom stereocenters. The summed E-state index contributed by atoms with van der Waals surface area (Å²) >= 11 is 1.40. The first-order valence-electron chi connectivity index (χ1n) is 40.0. The number of nitrogens with one attached hydrogen (secondary N) is 8. The third kappa shape index (κ3) is 28.3. The van der Waals surface area contributed by atoms with Crippen LogP contribution in [0.5, 0.6) is 5.75 Å². The number of carbonyl (C=O) groups is 14. The lowest BCUT2D eigenvalue weighted by molar-refractivity contribution is -0.148. The van der Waals surface area contributed by atoms with Crippen molar-refractivity contribution in [1.82, 2.24) is 56.8 Å². The highest BCUT2D eigenvalue weighted by atomic mass is 32.2. The van der Waals surface area contributed by atoms with Crippen molar-refractivity contribution < 1.29 is 90.8 Å². The van der Waals surface area contributed by atoms with Gasteiger partial charge in [0.1, 0.15) is 36.6 Å². The fourth-order valence-electron chi connectivity index (χ4n) is 14.8. The Morgan fingerprint density at radius 1 is 0.690 bits per heavy atom. The number of thioether (sulfide) groups is 1. The van der Waals surface area contributed by atoms with E-state index in [9.17, 15) is 62.3 Å². The van der Waals surface area contributed by atoms with Crippen molar-refractivity contribution in [2.45, 2.75) is 212 Å². The number of fused-ring (bicyclic) bond motifs is 1. The second-order valence-electron chi connectivity index (χ2n) is 31.9. The highest BCUT2D eigenvalue weighted by Crippen LogP contribution is 2.52. The van der Waals surface area contributed by atoms with Crippen molar-refractivity contribution in [3.8, 4) is 5.75 Å². The molecule has 1 unspecified atom stereocenters. The van der Waals surface area contributed by atoms with Crippen molar-refractivity contribution in [3.63, 3.8) is 0 Å². The maximum atomic E-state index is 15.1. The minimum absolute atomic E-state index is 0.00555. The Labute approximate surface area is 684 Å². The first-order chi connectivity index (χ1) is 54.9. The van der Waals surface area contributed by atoms with Gasteiger partial charge in [-0.05, 0) is 128 Å². The number of methoxy groups -OCH3 is 3. The van der Waals surface area contributed by atoms with Gasteiger partial charge in [0.25, 0.3) is 0 Å². The SMILES string of the molecule is CC[C@H](C)[C@@H]([C@@H](CC(=O)N1C[C@@H](OC(=O)NCCNC(=O)OCc2ccc(NC(=O)[C@H](CCCNC(N)=O)NC(=O)[C@@H](NC(=O)CCCCCN3C(=O)CC(SCC4(CC(N)=O)CC4)C3=O)C(C)C)cc2)C[C@H]1[C@H](OC)[C@@H](C)C(=O)NCC(=O)c1ccc2cc(OC)ccc2c1)OC)N(C)C(=O)[C@@H](NC(=O)[C@H](C(C)C)N(C)C)C(C)C. The molecule has 1 aliphatic carbocycles. The summed E-state index contributed by atoms with van der Waals surface area (Å²) in [5, 5.41) is 22.9. The Morgan fingerprint density at radius 2 is 1.35 bits per heavy atom. The number of nitrogens with two attached hydrogens (primary N) is 2. The lowest BCUT2D eigenvalue weighted by Crippen LogP contribution is -2.59. The predicted octanol–water partition coefficient (Wildman–Crippen LogP) is 5.52. The number of rotatable bonds is 48. The van der Waals surface area contributed by atoms with E-state index in [0.717, 1.165) is 23.6 Å². The number of hydrogen-bond acceptors (Lipinski definition) is 21. The fourth-order valence-corrected chi connectivity index (χ4v) is 16.3. The molecular weight excluding hydrogens is 1520 g/mol. The van der Waals surface area contributed by atoms with Gasteiger partial charge in [0.2, 0.25) is 59.1 Å². The number of amides is 14. The number of likely N-dealkylation sites (tertiary alicyclic amines) is 2. The molecule has 14 amide bonds. The molecule has 0 aromatic heterocycles. The average molecular weight is 1640 g/mol. The van der Waals surface area contributed by atoms with Crippen molar-refractivity contribution >= 4 is 111 Å². The molecule has 6 rings (SSSR count). The van der Waals surface area contributed by atoms with Crippen molar-refractivity contribution in [2.24, 2.45) is 46.5 Å². The highest BCUT2D eigenvalue weighted by Gasteiger charge is 2.49. The summed E-state index contributed by atoms with van der Waals surface area (Å²) in [6, 6.07) is 11.0. The number of hydrogen-bond donors (Lipinski definition) is 10. The zero-order chi connectivity index (χ0) is 85.8. The van der Waals surface area contributed by atoms with Crippen molar-refractivity contribution in [2.75, 3.05) is 92.8 Å². The van der Waals surface area contributed by atoms with E-state index in [1.807, 2.05) is 58.6 Å². The zero-order valence-corrected chi connectivity index (χ0v) is 70.7. The number of unbranched alkanes of at least 4 members (excludes halogenated alkanes) is 2. The van der Waals surface area contributed by atoms with Gasteiger partial charge >= 0.3 is 18.2 Å². The van der Waals surface area contributed by atoms with E-state index in [0.29, 0.717) is 54.0 Å². The zero-order valence-electron chi connectivity index (χ0n) is 69.9. The smallest absolute Gasteiger partial charge is 0.407 e. The van der Waals surface area contributed by atoms with E-state index in [1.54, 1.807) is 102 Å². The number of likely N-dealkylation sites (N-methyl/N-ethyl adjacent to an activating group) is 2. The minimum Gasteiger partial charge on any atom is -0.497 e. The molecule has 2 saturated heterocycles. The number of carbonyl (C=O) groups excluding carboxylic acids is 14. The monoisotopic (exact) mass is 1640 g/mol. The standard InChI is InChI=1S/C82H124N14O19S/c1-16-50(8)71(94(12)78(107)69(48(4)5)92-76(105)70(49(6)7)93(10)11)62(112-14)40-66(100)96-44-58(39-60(96)72(113-15)51(9)73(102)88-43-61(97)55-26-25-54-38-57(111-13)30-27-53(54)37-55)115-81(110)87-35-34-86-80(109)114-45-52-23-28-56(29-24-52)89-74(103)59(21-20-33-85-79(84)108)90-75(104)68(47(2)3)91-65(99)22-18-17-19-36-95-67(101)41-63(77(95)106)116-46-82(31-32-82)42-64(83)98/h23-30,37-38,47-51,58-60,62-63,68-72H,16-22,31-36,39-46H2,1-15H3,(H2,83,98)(H,86,109)(H,87,110)(H,88,102)(H,89,103)(H,90,104)(H,91,99)(H,92,105)(H3,84,85,108)/t50-,51+,58-,59-,60-,62+,63?,68-,69-,70-,71-,72+/m0/s1. The van der Waals surface area contributed by atoms with Gasteiger partial charge in [-0.2, -0.15) is 0 Å². The molecule has 3 aromatic carbocycles. The third-order valence-electron chi connectivity index (χ3n) is 21.7. The van der Waals surface area contributed by atoms with Gasteiger partial charge < -0.3 is 87.5 Å². The Balaban J connectivity index is 1.02. The number of imide groups is 1. The van der Waals surface area contributed by atoms with Crippen LogP contribution in [0.1, 0.15) is 162 Å². The quantitative estimate of drug-likeness (QED) is 0.0189. The maximum Gasteiger partial charge on any atom is 0.407 e. The van der Waals surface area contributed by atoms with Crippen LogP contribution in [0.25, 0.3) is 10.8 Å². The second kappa shape index (κ2) is 45.7. The van der Waals surface area contributed by atoms with Gasteiger partial charge in [-0.15, -0.1) is 11.8 Å². The summed E-state index contributed by atoms with van der Waals surface area (Å²) in [6.45, 7) is 15.9. The third-order valence-corrected chi connectivity index (χ3v) is 23.3. The van der Waals surface area contributed by atoms with Crippen LogP contribution < -0.4 is 58.7 Å². The number of anilines is 1. The van der Waals surface area contributed by atoms with E-state index < -0.39 is 119 Å². The number of ketones is 1. The lowest BCUT2D eigenvalue weighted by Gasteiger charge is -2.41. The molecular formula is C82H124N14O19S. The number of alkyl carbamates (subject to hydrolysis) is 2. The Morgan fingerprint density at radius 3 is 1.96 bits per heavy atom. The largest absolute Gasteiger partial charge is 0.497 e. The van der Waals surface area contributed by atoms with Crippen LogP contribution in [-0.2, 0) is 73.5 Å². The van der Waals surface area contributed by atoms with E-state index in [-0.39, 0.29) is 149 Å². The van der Waals surface area contributed by atoms with Crippen LogP contribution in [0.2, 0.25) is 0 Å². The van der Waals surface area contributed by atoms with Crippen LogP contribution in [0.15, 0.2) is 60.7 Å². The molecule has 0 radical (unpaired) electrons. The first-order valence-corrected chi connectivity index (χ1v) is 41.1. The first kappa shape index (κ1) is 95.2. The van der Waals surface area contributed by atoms with Crippen LogP contribution in [0, 0.1) is 35.0 Å².